The Morgan fingerprint density at radius 2 is 1.19 bits per heavy atom. The van der Waals surface area contributed by atoms with Crippen LogP contribution in [0.2, 0.25) is 36.3 Å². The van der Waals surface area contributed by atoms with Gasteiger partial charge in [0.15, 0.2) is 0 Å². The van der Waals surface area contributed by atoms with Gasteiger partial charge in [0.25, 0.3) is 16.6 Å². The third-order valence-electron chi connectivity index (χ3n) is 9.62. The summed E-state index contributed by atoms with van der Waals surface area (Å²) in [6.45, 7) is 26.1. The molecule has 6 nitrogen and oxygen atoms in total. The van der Waals surface area contributed by atoms with E-state index in [0.717, 1.165) is 39.3 Å². The average molecular weight is 686 g/mol. The Hall–Kier alpha value is -3.89. The summed E-state index contributed by atoms with van der Waals surface area (Å²) in [6, 6.07) is 21.4. The van der Waals surface area contributed by atoms with Crippen LogP contribution in [0.3, 0.4) is 0 Å². The summed E-state index contributed by atoms with van der Waals surface area (Å²) in [5.41, 5.74) is 4.65. The van der Waals surface area contributed by atoms with Crippen molar-refractivity contribution in [3.8, 4) is 11.5 Å². The van der Waals surface area contributed by atoms with Crippen molar-refractivity contribution in [2.75, 3.05) is 6.54 Å². The second-order valence-electron chi connectivity index (χ2n) is 15.5. The number of rotatable bonds is 12. The van der Waals surface area contributed by atoms with Crippen LogP contribution in [0.4, 0.5) is 0 Å². The molecule has 0 aromatic heterocycles. The molecule has 258 valence electrons. The van der Waals surface area contributed by atoms with E-state index < -0.39 is 28.7 Å². The van der Waals surface area contributed by atoms with Crippen molar-refractivity contribution >= 4 is 40.7 Å². The first-order valence-electron chi connectivity index (χ1n) is 16.7. The van der Waals surface area contributed by atoms with Gasteiger partial charge in [0.05, 0.1) is 6.54 Å². The minimum absolute atomic E-state index is 0.0314. The van der Waals surface area contributed by atoms with E-state index in [1.54, 1.807) is 12.2 Å². The summed E-state index contributed by atoms with van der Waals surface area (Å²) in [7, 11) is -4.16. The molecular weight excluding hydrogens is 631 g/mol. The first-order valence-corrected chi connectivity index (χ1v) is 22.5. The lowest BCUT2D eigenvalue weighted by molar-refractivity contribution is -0.143. The van der Waals surface area contributed by atoms with Crippen LogP contribution < -0.4 is 14.2 Å². The molecule has 1 N–H and O–H groups in total. The number of para-hydroxylation sites is 2. The van der Waals surface area contributed by atoms with Crippen LogP contribution >= 0.6 is 0 Å². The predicted molar refractivity (Wildman–Crippen MR) is 204 cm³/mol. The number of carbonyl (C=O) groups is 2. The fourth-order valence-corrected chi connectivity index (χ4v) is 6.31. The number of aryl methyl sites for hydroxylation is 2. The monoisotopic (exact) mass is 685 g/mol. The zero-order chi connectivity index (χ0) is 35.9. The number of nitrogens with one attached hydrogen (secondary N) is 1. The zero-order valence-electron chi connectivity index (χ0n) is 31.0. The molecule has 0 saturated carbocycles. The standard InChI is InChI=1S/C40H55NO5Si2/c1-29-21-22-33(27-30(29)2)36(44-38(43)26-24-32-18-14-16-20-35(32)46-48(11,12)40(6,7)8)28-41-37(42)25-23-31-17-13-15-19-34(31)45-47(9,10)39(3,4)5/h13-27,36H,28H2,1-12H3,(H,41,42)/b25-23+,26-24+/t36-/m1/s1. The van der Waals surface area contributed by atoms with Crippen LogP contribution in [0, 0.1) is 13.8 Å². The van der Waals surface area contributed by atoms with Crippen molar-refractivity contribution in [1.29, 1.82) is 0 Å². The number of hydrogen-bond donors (Lipinski definition) is 1. The summed E-state index contributed by atoms with van der Waals surface area (Å²) >= 11 is 0. The topological polar surface area (TPSA) is 73.9 Å². The van der Waals surface area contributed by atoms with Crippen molar-refractivity contribution < 1.29 is 23.2 Å². The molecular formula is C40H55NO5Si2. The second-order valence-corrected chi connectivity index (χ2v) is 24.9. The quantitative estimate of drug-likeness (QED) is 0.117. The minimum Gasteiger partial charge on any atom is -0.543 e. The predicted octanol–water partition coefficient (Wildman–Crippen LogP) is 10.2. The van der Waals surface area contributed by atoms with Crippen molar-refractivity contribution in [1.82, 2.24) is 5.32 Å². The van der Waals surface area contributed by atoms with Crippen LogP contribution in [-0.4, -0.2) is 35.1 Å². The highest BCUT2D eigenvalue weighted by molar-refractivity contribution is 6.75. The summed E-state index contributed by atoms with van der Waals surface area (Å²) in [6.07, 6.45) is 5.72. The number of benzene rings is 3. The van der Waals surface area contributed by atoms with Gasteiger partial charge in [0.1, 0.15) is 17.6 Å². The highest BCUT2D eigenvalue weighted by Gasteiger charge is 2.40. The smallest absolute Gasteiger partial charge is 0.331 e. The van der Waals surface area contributed by atoms with Crippen LogP contribution in [0.5, 0.6) is 11.5 Å². The van der Waals surface area contributed by atoms with Gasteiger partial charge in [-0.2, -0.15) is 0 Å². The number of esters is 1. The Kier molecular flexibility index (Phi) is 12.5. The van der Waals surface area contributed by atoms with Gasteiger partial charge in [-0.25, -0.2) is 4.79 Å². The van der Waals surface area contributed by atoms with Gasteiger partial charge >= 0.3 is 5.97 Å². The number of hydrogen-bond acceptors (Lipinski definition) is 5. The largest absolute Gasteiger partial charge is 0.543 e. The average Bonchev–Trinajstić information content (AvgIpc) is 2.98. The Morgan fingerprint density at radius 3 is 1.67 bits per heavy atom. The number of carbonyl (C=O) groups excluding carboxylic acids is 2. The molecule has 0 radical (unpaired) electrons. The van der Waals surface area contributed by atoms with Crippen LogP contribution in [-0.2, 0) is 14.3 Å². The fourth-order valence-electron chi connectivity index (χ4n) is 4.23. The second kappa shape index (κ2) is 15.6. The normalized spacial score (nSPS) is 13.4. The molecule has 0 aliphatic rings. The first-order chi connectivity index (χ1) is 22.2. The van der Waals surface area contributed by atoms with Crippen LogP contribution in [0.1, 0.15) is 75.5 Å². The van der Waals surface area contributed by atoms with E-state index in [-0.39, 0.29) is 22.5 Å². The Bertz CT molecular complexity index is 1640. The molecule has 0 aliphatic carbocycles. The van der Waals surface area contributed by atoms with Crippen molar-refractivity contribution in [3.63, 3.8) is 0 Å². The first kappa shape index (κ1) is 38.6. The molecule has 0 unspecified atom stereocenters. The van der Waals surface area contributed by atoms with Gasteiger partial charge in [0.2, 0.25) is 5.91 Å². The molecule has 0 saturated heterocycles. The zero-order valence-corrected chi connectivity index (χ0v) is 33.0. The van der Waals surface area contributed by atoms with Gasteiger partial charge in [0, 0.05) is 23.3 Å². The highest BCUT2D eigenvalue weighted by Crippen LogP contribution is 2.39. The third kappa shape index (κ3) is 10.6. The van der Waals surface area contributed by atoms with E-state index in [9.17, 15) is 9.59 Å². The molecule has 0 aliphatic heterocycles. The Morgan fingerprint density at radius 1 is 0.708 bits per heavy atom. The SMILES string of the molecule is Cc1ccc([C@@H](CNC(=O)/C=C/c2ccccc2O[Si](C)(C)C(C)(C)C)OC(=O)/C=C/c2ccccc2O[Si](C)(C)C(C)(C)C)cc1C. The van der Waals surface area contributed by atoms with E-state index in [2.05, 4.69) is 73.0 Å². The Labute approximate surface area is 290 Å². The molecule has 8 heteroatoms. The van der Waals surface area contributed by atoms with E-state index in [1.165, 1.54) is 12.2 Å². The molecule has 1 amide bonds. The van der Waals surface area contributed by atoms with E-state index in [1.807, 2.05) is 80.6 Å². The molecule has 3 rings (SSSR count). The number of amides is 1. The summed E-state index contributed by atoms with van der Waals surface area (Å²) in [5, 5.41) is 3.00. The van der Waals surface area contributed by atoms with Gasteiger partial charge in [-0.1, -0.05) is 96.1 Å². The van der Waals surface area contributed by atoms with E-state index in [4.69, 9.17) is 13.6 Å². The maximum absolute atomic E-state index is 13.2. The van der Waals surface area contributed by atoms with E-state index in [0.29, 0.717) is 0 Å². The lowest BCUT2D eigenvalue weighted by Crippen LogP contribution is -2.44. The molecule has 3 aromatic rings. The lowest BCUT2D eigenvalue weighted by Gasteiger charge is -2.36. The van der Waals surface area contributed by atoms with E-state index >= 15 is 0 Å². The molecule has 3 aromatic carbocycles. The minimum atomic E-state index is -2.09. The van der Waals surface area contributed by atoms with Crippen molar-refractivity contribution in [2.24, 2.45) is 0 Å². The van der Waals surface area contributed by atoms with Gasteiger partial charge in [-0.15, -0.1) is 0 Å². The summed E-state index contributed by atoms with van der Waals surface area (Å²) < 4.78 is 19.0. The molecule has 0 bridgehead atoms. The maximum Gasteiger partial charge on any atom is 0.331 e. The Balaban J connectivity index is 1.77. The lowest BCUT2D eigenvalue weighted by atomic mass is 10.0. The van der Waals surface area contributed by atoms with Crippen LogP contribution in [0.15, 0.2) is 78.9 Å². The van der Waals surface area contributed by atoms with Gasteiger partial charge in [-0.05, 0) is 91.1 Å². The molecule has 0 heterocycles. The maximum atomic E-state index is 13.2. The third-order valence-corrected chi connectivity index (χ3v) is 18.3. The van der Waals surface area contributed by atoms with Crippen molar-refractivity contribution in [3.05, 3.63) is 107 Å². The summed E-state index contributed by atoms with van der Waals surface area (Å²) in [4.78, 5) is 26.3. The molecule has 48 heavy (non-hydrogen) atoms. The molecule has 0 spiro atoms. The highest BCUT2D eigenvalue weighted by atomic mass is 28.4. The number of ether oxygens (including phenoxy) is 1. The fraction of sp³-hybridized carbons (Fsp3) is 0.400. The van der Waals surface area contributed by atoms with Crippen LogP contribution in [0.25, 0.3) is 12.2 Å². The van der Waals surface area contributed by atoms with Crippen molar-refractivity contribution in [2.45, 2.75) is 97.8 Å². The summed E-state index contributed by atoms with van der Waals surface area (Å²) in [5.74, 6) is 0.698. The van der Waals surface area contributed by atoms with Gasteiger partial charge in [-0.3, -0.25) is 4.79 Å². The van der Waals surface area contributed by atoms with Gasteiger partial charge < -0.3 is 18.9 Å². The molecule has 0 fully saturated rings. The molecule has 1 atom stereocenters.